The van der Waals surface area contributed by atoms with Gasteiger partial charge in [0.1, 0.15) is 0 Å². The van der Waals surface area contributed by atoms with Gasteiger partial charge in [0.15, 0.2) is 0 Å². The molecule has 1 heterocycles. The van der Waals surface area contributed by atoms with E-state index in [-0.39, 0.29) is 0 Å². The molecule has 0 spiro atoms. The standard InChI is InChI=1S/C17H28N2S/c1-5-20-16-8-6-7-15(14(16)11-18)19-10-9-13(12-19)17(2,3)4/h6-8,13H,5,9-12,18H2,1-4H3. The third kappa shape index (κ3) is 3.32. The average molecular weight is 292 g/mol. The molecule has 2 nitrogen and oxygen atoms in total. The van der Waals surface area contributed by atoms with Gasteiger partial charge in [-0.25, -0.2) is 0 Å². The van der Waals surface area contributed by atoms with Crippen LogP contribution in [0.3, 0.4) is 0 Å². The van der Waals surface area contributed by atoms with Crippen molar-refractivity contribution >= 4 is 17.4 Å². The summed E-state index contributed by atoms with van der Waals surface area (Å²) in [7, 11) is 0. The molecule has 1 unspecified atom stereocenters. The first-order valence-corrected chi connectivity index (χ1v) is 8.65. The fourth-order valence-electron chi connectivity index (χ4n) is 3.03. The van der Waals surface area contributed by atoms with Gasteiger partial charge < -0.3 is 10.6 Å². The summed E-state index contributed by atoms with van der Waals surface area (Å²) >= 11 is 1.90. The van der Waals surface area contributed by atoms with Crippen LogP contribution in [0.15, 0.2) is 23.1 Å². The van der Waals surface area contributed by atoms with Gasteiger partial charge >= 0.3 is 0 Å². The first-order valence-electron chi connectivity index (χ1n) is 7.67. The fraction of sp³-hybridized carbons (Fsp3) is 0.647. The predicted octanol–water partition coefficient (Wildman–Crippen LogP) is 4.13. The lowest BCUT2D eigenvalue weighted by molar-refractivity contribution is 0.263. The number of thioether (sulfide) groups is 1. The average Bonchev–Trinajstić information content (AvgIpc) is 2.88. The Balaban J connectivity index is 2.23. The maximum Gasteiger partial charge on any atom is 0.0423 e. The van der Waals surface area contributed by atoms with Gasteiger partial charge in [-0.1, -0.05) is 33.8 Å². The summed E-state index contributed by atoms with van der Waals surface area (Å²) in [6.07, 6.45) is 1.29. The first kappa shape index (κ1) is 15.7. The van der Waals surface area contributed by atoms with E-state index in [4.69, 9.17) is 5.73 Å². The van der Waals surface area contributed by atoms with Crippen molar-refractivity contribution in [3.05, 3.63) is 23.8 Å². The largest absolute Gasteiger partial charge is 0.371 e. The molecule has 0 saturated carbocycles. The fourth-order valence-corrected chi connectivity index (χ4v) is 3.88. The molecule has 1 atom stereocenters. The normalized spacial score (nSPS) is 19.6. The Bertz CT molecular complexity index is 451. The Kier molecular flexibility index (Phi) is 5.03. The van der Waals surface area contributed by atoms with Gasteiger partial charge in [0.25, 0.3) is 0 Å². The molecule has 0 bridgehead atoms. The highest BCUT2D eigenvalue weighted by atomic mass is 32.2. The minimum Gasteiger partial charge on any atom is -0.371 e. The van der Waals surface area contributed by atoms with Crippen LogP contribution in [0.1, 0.15) is 39.7 Å². The maximum atomic E-state index is 6.03. The van der Waals surface area contributed by atoms with Crippen molar-refractivity contribution in [2.24, 2.45) is 17.1 Å². The Morgan fingerprint density at radius 2 is 2.10 bits per heavy atom. The molecule has 2 N–H and O–H groups in total. The monoisotopic (exact) mass is 292 g/mol. The van der Waals surface area contributed by atoms with Crippen LogP contribution in [0.2, 0.25) is 0 Å². The Labute approximate surface area is 128 Å². The molecule has 20 heavy (non-hydrogen) atoms. The summed E-state index contributed by atoms with van der Waals surface area (Å²) in [5.74, 6) is 1.87. The zero-order valence-electron chi connectivity index (χ0n) is 13.3. The molecule has 1 aliphatic heterocycles. The number of rotatable bonds is 4. The molecule has 0 aliphatic carbocycles. The number of anilines is 1. The quantitative estimate of drug-likeness (QED) is 0.846. The molecule has 3 heteroatoms. The van der Waals surface area contributed by atoms with Crippen molar-refractivity contribution in [3.8, 4) is 0 Å². The first-order chi connectivity index (χ1) is 9.47. The molecule has 1 aliphatic rings. The summed E-state index contributed by atoms with van der Waals surface area (Å²) in [5, 5.41) is 0. The van der Waals surface area contributed by atoms with E-state index in [9.17, 15) is 0 Å². The van der Waals surface area contributed by atoms with E-state index in [1.807, 2.05) is 11.8 Å². The smallest absolute Gasteiger partial charge is 0.0423 e. The molecule has 0 amide bonds. The van der Waals surface area contributed by atoms with E-state index in [2.05, 4.69) is 50.8 Å². The highest BCUT2D eigenvalue weighted by molar-refractivity contribution is 7.99. The Morgan fingerprint density at radius 1 is 1.35 bits per heavy atom. The number of hydrogen-bond acceptors (Lipinski definition) is 3. The van der Waals surface area contributed by atoms with Crippen molar-refractivity contribution in [1.29, 1.82) is 0 Å². The van der Waals surface area contributed by atoms with Crippen LogP contribution in [-0.4, -0.2) is 18.8 Å². The van der Waals surface area contributed by atoms with Crippen molar-refractivity contribution in [2.75, 3.05) is 23.7 Å². The van der Waals surface area contributed by atoms with E-state index < -0.39 is 0 Å². The van der Waals surface area contributed by atoms with E-state index in [1.165, 1.54) is 22.6 Å². The van der Waals surface area contributed by atoms with Gasteiger partial charge in [0, 0.05) is 35.8 Å². The van der Waals surface area contributed by atoms with Crippen LogP contribution in [0.5, 0.6) is 0 Å². The van der Waals surface area contributed by atoms with E-state index in [0.717, 1.165) is 24.8 Å². The number of nitrogens with two attached hydrogens (primary N) is 1. The van der Waals surface area contributed by atoms with E-state index in [0.29, 0.717) is 12.0 Å². The van der Waals surface area contributed by atoms with Crippen molar-refractivity contribution in [2.45, 2.75) is 45.6 Å². The lowest BCUT2D eigenvalue weighted by atomic mass is 9.80. The molecule has 1 aromatic rings. The number of benzene rings is 1. The molecule has 0 aromatic heterocycles. The van der Waals surface area contributed by atoms with Crippen LogP contribution >= 0.6 is 11.8 Å². The summed E-state index contributed by atoms with van der Waals surface area (Å²) in [6.45, 7) is 12.2. The third-order valence-electron chi connectivity index (χ3n) is 4.37. The third-order valence-corrected chi connectivity index (χ3v) is 5.35. The van der Waals surface area contributed by atoms with Crippen LogP contribution in [0.25, 0.3) is 0 Å². The molecule has 112 valence electrons. The van der Waals surface area contributed by atoms with Crippen LogP contribution in [-0.2, 0) is 6.54 Å². The lowest BCUT2D eigenvalue weighted by Crippen LogP contribution is -2.26. The lowest BCUT2D eigenvalue weighted by Gasteiger charge is -2.28. The minimum absolute atomic E-state index is 0.396. The number of hydrogen-bond donors (Lipinski definition) is 1. The van der Waals surface area contributed by atoms with Gasteiger partial charge in [-0.15, -0.1) is 11.8 Å². The topological polar surface area (TPSA) is 29.3 Å². The van der Waals surface area contributed by atoms with Crippen LogP contribution in [0, 0.1) is 11.3 Å². The van der Waals surface area contributed by atoms with Gasteiger partial charge in [0.2, 0.25) is 0 Å². The predicted molar refractivity (Wildman–Crippen MR) is 90.5 cm³/mol. The van der Waals surface area contributed by atoms with Gasteiger partial charge in [-0.05, 0) is 35.6 Å². The van der Waals surface area contributed by atoms with Gasteiger partial charge in [-0.2, -0.15) is 0 Å². The molecular formula is C17H28N2S. The summed E-state index contributed by atoms with van der Waals surface area (Å²) in [6, 6.07) is 6.63. The molecular weight excluding hydrogens is 264 g/mol. The van der Waals surface area contributed by atoms with E-state index in [1.54, 1.807) is 0 Å². The maximum absolute atomic E-state index is 6.03. The minimum atomic E-state index is 0.396. The zero-order valence-corrected chi connectivity index (χ0v) is 14.1. The van der Waals surface area contributed by atoms with Crippen molar-refractivity contribution in [1.82, 2.24) is 0 Å². The zero-order chi connectivity index (χ0) is 14.8. The summed E-state index contributed by atoms with van der Waals surface area (Å²) < 4.78 is 0. The number of nitrogens with zero attached hydrogens (tertiary/aromatic N) is 1. The van der Waals surface area contributed by atoms with Crippen LogP contribution < -0.4 is 10.6 Å². The van der Waals surface area contributed by atoms with Crippen molar-refractivity contribution in [3.63, 3.8) is 0 Å². The molecule has 2 rings (SSSR count). The van der Waals surface area contributed by atoms with Gasteiger partial charge in [0.05, 0.1) is 0 Å². The van der Waals surface area contributed by atoms with Crippen LogP contribution in [0.4, 0.5) is 5.69 Å². The second-order valence-electron chi connectivity index (χ2n) is 6.69. The van der Waals surface area contributed by atoms with Crippen molar-refractivity contribution < 1.29 is 0 Å². The second-order valence-corrected chi connectivity index (χ2v) is 7.99. The molecule has 0 radical (unpaired) electrons. The molecule has 1 fully saturated rings. The summed E-state index contributed by atoms with van der Waals surface area (Å²) in [5.41, 5.74) is 9.11. The summed E-state index contributed by atoms with van der Waals surface area (Å²) in [4.78, 5) is 3.89. The molecule has 1 aromatic carbocycles. The SMILES string of the molecule is CCSc1cccc(N2CCC(C(C)(C)C)C2)c1CN. The Morgan fingerprint density at radius 3 is 2.65 bits per heavy atom. The Hall–Kier alpha value is -0.670. The van der Waals surface area contributed by atoms with E-state index >= 15 is 0 Å². The second kappa shape index (κ2) is 6.40. The van der Waals surface area contributed by atoms with Gasteiger partial charge in [-0.3, -0.25) is 0 Å². The molecule has 1 saturated heterocycles. The highest BCUT2D eigenvalue weighted by Gasteiger charge is 2.32. The highest BCUT2D eigenvalue weighted by Crippen LogP contribution is 2.38.